The van der Waals surface area contributed by atoms with Crippen molar-refractivity contribution in [2.75, 3.05) is 0 Å². The molecule has 0 aliphatic heterocycles. The monoisotopic (exact) mass is 210 g/mol. The number of carboxylic acids is 1. The Balaban J connectivity index is 2.20. The predicted molar refractivity (Wildman–Crippen MR) is 54.7 cm³/mol. The van der Waals surface area contributed by atoms with E-state index in [2.05, 4.69) is 0 Å². The van der Waals surface area contributed by atoms with Crippen LogP contribution in [0.25, 0.3) is 0 Å². The molecule has 1 saturated carbocycles. The first kappa shape index (κ1) is 9.53. The van der Waals surface area contributed by atoms with Gasteiger partial charge < -0.3 is 5.11 Å². The molecule has 1 aromatic carbocycles. The van der Waals surface area contributed by atoms with E-state index in [-0.39, 0.29) is 11.8 Å². The molecule has 1 unspecified atom stereocenters. The average Bonchev–Trinajstić information content (AvgIpc) is 2.89. The Morgan fingerprint density at radius 3 is 2.79 bits per heavy atom. The molecule has 1 aliphatic carbocycles. The van der Waals surface area contributed by atoms with Gasteiger partial charge in [0, 0.05) is 5.02 Å². The average molecular weight is 211 g/mol. The zero-order valence-electron chi connectivity index (χ0n) is 7.83. The highest BCUT2D eigenvalue weighted by molar-refractivity contribution is 6.31. The summed E-state index contributed by atoms with van der Waals surface area (Å²) in [6, 6.07) is 5.74. The first-order valence-corrected chi connectivity index (χ1v) is 4.96. The molecular formula is C11H11ClO2. The number of aliphatic carboxylic acids is 1. The van der Waals surface area contributed by atoms with Crippen LogP contribution < -0.4 is 0 Å². The fourth-order valence-corrected chi connectivity index (χ4v) is 1.85. The lowest BCUT2D eigenvalue weighted by atomic mass is 10.1. The first-order valence-electron chi connectivity index (χ1n) is 4.58. The van der Waals surface area contributed by atoms with E-state index in [1.165, 1.54) is 0 Å². The van der Waals surface area contributed by atoms with Gasteiger partial charge in [-0.1, -0.05) is 23.7 Å². The van der Waals surface area contributed by atoms with E-state index in [1.807, 2.05) is 25.1 Å². The minimum absolute atomic E-state index is 0.185. The van der Waals surface area contributed by atoms with Crippen molar-refractivity contribution in [2.45, 2.75) is 19.3 Å². The molecule has 1 aromatic rings. The van der Waals surface area contributed by atoms with E-state index in [9.17, 15) is 4.79 Å². The molecule has 2 nitrogen and oxygen atoms in total. The quantitative estimate of drug-likeness (QED) is 0.815. The zero-order chi connectivity index (χ0) is 10.3. The van der Waals surface area contributed by atoms with E-state index < -0.39 is 5.97 Å². The molecule has 1 aliphatic rings. The molecule has 3 heteroatoms. The van der Waals surface area contributed by atoms with Crippen molar-refractivity contribution in [1.82, 2.24) is 0 Å². The highest BCUT2D eigenvalue weighted by Gasteiger charge is 2.44. The van der Waals surface area contributed by atoms with Crippen LogP contribution >= 0.6 is 11.6 Å². The van der Waals surface area contributed by atoms with Crippen molar-refractivity contribution in [3.8, 4) is 0 Å². The van der Waals surface area contributed by atoms with E-state index in [0.29, 0.717) is 0 Å². The number of aryl methyl sites for hydroxylation is 1. The number of benzene rings is 1. The minimum atomic E-state index is -0.692. The summed E-state index contributed by atoms with van der Waals surface area (Å²) in [5, 5.41) is 9.52. The Morgan fingerprint density at radius 1 is 1.57 bits per heavy atom. The molecule has 1 N–H and O–H groups in total. The standard InChI is InChI=1S/C11H11ClO2/c1-6-4-7(2-3-10(6)12)8-5-9(8)11(13)14/h2-4,8-9H,5H2,1H3,(H,13,14)/t8?,9-/m1/s1. The fraction of sp³-hybridized carbons (Fsp3) is 0.364. The Hall–Kier alpha value is -1.02. The van der Waals surface area contributed by atoms with E-state index in [0.717, 1.165) is 22.6 Å². The zero-order valence-corrected chi connectivity index (χ0v) is 8.58. The van der Waals surface area contributed by atoms with Gasteiger partial charge in [0.25, 0.3) is 0 Å². The van der Waals surface area contributed by atoms with Crippen molar-refractivity contribution in [3.05, 3.63) is 34.3 Å². The van der Waals surface area contributed by atoms with Gasteiger partial charge in [-0.25, -0.2) is 0 Å². The van der Waals surface area contributed by atoms with Gasteiger partial charge in [-0.2, -0.15) is 0 Å². The third-order valence-electron chi connectivity index (χ3n) is 2.72. The molecule has 0 heterocycles. The molecule has 0 saturated heterocycles. The van der Waals surface area contributed by atoms with Crippen molar-refractivity contribution in [1.29, 1.82) is 0 Å². The normalized spacial score (nSPS) is 24.7. The topological polar surface area (TPSA) is 37.3 Å². The van der Waals surface area contributed by atoms with E-state index in [4.69, 9.17) is 16.7 Å². The minimum Gasteiger partial charge on any atom is -0.481 e. The maximum absolute atomic E-state index is 10.7. The second kappa shape index (κ2) is 3.28. The molecule has 2 atom stereocenters. The molecule has 0 amide bonds. The third kappa shape index (κ3) is 1.62. The van der Waals surface area contributed by atoms with Crippen molar-refractivity contribution in [3.63, 3.8) is 0 Å². The van der Waals surface area contributed by atoms with Gasteiger partial charge in [-0.3, -0.25) is 4.79 Å². The van der Waals surface area contributed by atoms with Gasteiger partial charge in [-0.15, -0.1) is 0 Å². The second-order valence-electron chi connectivity index (χ2n) is 3.80. The van der Waals surface area contributed by atoms with Gasteiger partial charge in [-0.05, 0) is 36.5 Å². The third-order valence-corrected chi connectivity index (χ3v) is 3.14. The molecular weight excluding hydrogens is 200 g/mol. The van der Waals surface area contributed by atoms with E-state index in [1.54, 1.807) is 0 Å². The summed E-state index contributed by atoms with van der Waals surface area (Å²) in [6.07, 6.45) is 0.760. The summed E-state index contributed by atoms with van der Waals surface area (Å²) in [7, 11) is 0. The van der Waals surface area contributed by atoms with Crippen LogP contribution in [0.4, 0.5) is 0 Å². The number of carbonyl (C=O) groups is 1. The Kier molecular flexibility index (Phi) is 2.23. The molecule has 0 bridgehead atoms. The van der Waals surface area contributed by atoms with Crippen molar-refractivity contribution in [2.24, 2.45) is 5.92 Å². The van der Waals surface area contributed by atoms with Crippen LogP contribution in [0.3, 0.4) is 0 Å². The number of halogens is 1. The molecule has 14 heavy (non-hydrogen) atoms. The Labute approximate surface area is 87.5 Å². The number of hydrogen-bond donors (Lipinski definition) is 1. The van der Waals surface area contributed by atoms with Crippen LogP contribution in [0.15, 0.2) is 18.2 Å². The molecule has 1 fully saturated rings. The molecule has 74 valence electrons. The summed E-state index contributed by atoms with van der Waals surface area (Å²) >= 11 is 5.89. The summed E-state index contributed by atoms with van der Waals surface area (Å²) in [6.45, 7) is 1.93. The highest BCUT2D eigenvalue weighted by atomic mass is 35.5. The smallest absolute Gasteiger partial charge is 0.307 e. The molecule has 2 rings (SSSR count). The van der Waals surface area contributed by atoms with Crippen molar-refractivity contribution < 1.29 is 9.90 Å². The largest absolute Gasteiger partial charge is 0.481 e. The Morgan fingerprint density at radius 2 is 2.29 bits per heavy atom. The van der Waals surface area contributed by atoms with E-state index >= 15 is 0 Å². The van der Waals surface area contributed by atoms with Gasteiger partial charge >= 0.3 is 5.97 Å². The van der Waals surface area contributed by atoms with Crippen LogP contribution in [-0.4, -0.2) is 11.1 Å². The van der Waals surface area contributed by atoms with Crippen LogP contribution in [-0.2, 0) is 4.79 Å². The van der Waals surface area contributed by atoms with Crippen LogP contribution in [0, 0.1) is 12.8 Å². The summed E-state index contributed by atoms with van der Waals surface area (Å²) in [4.78, 5) is 10.7. The lowest BCUT2D eigenvalue weighted by Crippen LogP contribution is -1.98. The summed E-state index contributed by atoms with van der Waals surface area (Å²) < 4.78 is 0. The fourth-order valence-electron chi connectivity index (χ4n) is 1.73. The number of rotatable bonds is 2. The summed E-state index contributed by atoms with van der Waals surface area (Å²) in [5.74, 6) is -0.679. The molecule has 0 aromatic heterocycles. The predicted octanol–water partition coefficient (Wildman–Crippen LogP) is 2.84. The lowest BCUT2D eigenvalue weighted by molar-refractivity contribution is -0.138. The van der Waals surface area contributed by atoms with Crippen molar-refractivity contribution >= 4 is 17.6 Å². The molecule has 0 radical (unpaired) electrons. The van der Waals surface area contributed by atoms with Crippen LogP contribution in [0.1, 0.15) is 23.5 Å². The first-order chi connectivity index (χ1) is 6.59. The maximum atomic E-state index is 10.7. The maximum Gasteiger partial charge on any atom is 0.307 e. The van der Waals surface area contributed by atoms with Gasteiger partial charge in [0.2, 0.25) is 0 Å². The molecule has 0 spiro atoms. The van der Waals surface area contributed by atoms with Crippen LogP contribution in [0.5, 0.6) is 0 Å². The number of carboxylic acid groups (broad SMARTS) is 1. The van der Waals surface area contributed by atoms with Gasteiger partial charge in [0.1, 0.15) is 0 Å². The van der Waals surface area contributed by atoms with Gasteiger partial charge in [0.05, 0.1) is 5.92 Å². The van der Waals surface area contributed by atoms with Crippen LogP contribution in [0.2, 0.25) is 5.02 Å². The number of hydrogen-bond acceptors (Lipinski definition) is 1. The second-order valence-corrected chi connectivity index (χ2v) is 4.20. The summed E-state index contributed by atoms with van der Waals surface area (Å²) in [5.41, 5.74) is 2.11. The highest BCUT2D eigenvalue weighted by Crippen LogP contribution is 2.47. The Bertz CT molecular complexity index is 387. The lowest BCUT2D eigenvalue weighted by Gasteiger charge is -2.02. The van der Waals surface area contributed by atoms with Gasteiger partial charge in [0.15, 0.2) is 0 Å². The SMILES string of the molecule is Cc1cc(C2C[C@H]2C(=O)O)ccc1Cl.